The fourth-order valence-corrected chi connectivity index (χ4v) is 5.44. The number of nitrogens with one attached hydrogen (secondary N) is 1. The number of amides is 2. The molecule has 1 fully saturated rings. The van der Waals surface area contributed by atoms with Gasteiger partial charge in [-0.15, -0.1) is 0 Å². The molecule has 1 saturated carbocycles. The Morgan fingerprint density at radius 3 is 2.57 bits per heavy atom. The van der Waals surface area contributed by atoms with Gasteiger partial charge in [0.15, 0.2) is 0 Å². The van der Waals surface area contributed by atoms with Crippen molar-refractivity contribution in [2.75, 3.05) is 6.61 Å². The minimum absolute atomic E-state index is 0.0657. The van der Waals surface area contributed by atoms with E-state index in [2.05, 4.69) is 12.2 Å². The Balaban J connectivity index is 1.48. The van der Waals surface area contributed by atoms with Gasteiger partial charge in [-0.2, -0.15) is 0 Å². The summed E-state index contributed by atoms with van der Waals surface area (Å²) < 4.78 is 7.74. The average molecular weight is 474 g/mol. The maximum absolute atomic E-state index is 13.9. The highest BCUT2D eigenvalue weighted by Gasteiger charge is 2.48. The molecule has 0 unspecified atom stereocenters. The van der Waals surface area contributed by atoms with E-state index in [0.29, 0.717) is 25.4 Å². The third kappa shape index (κ3) is 4.54. The molecule has 2 heterocycles. The molecule has 0 bridgehead atoms. The number of carbonyl (C=O) groups excluding carboxylic acids is 2. The van der Waals surface area contributed by atoms with Crippen molar-refractivity contribution in [1.29, 1.82) is 0 Å². The van der Waals surface area contributed by atoms with Gasteiger partial charge >= 0.3 is 0 Å². The van der Waals surface area contributed by atoms with Crippen molar-refractivity contribution >= 4 is 22.7 Å². The monoisotopic (exact) mass is 473 g/mol. The Bertz CT molecular complexity index is 1210. The molecule has 2 amide bonds. The number of para-hydroxylation sites is 1. The van der Waals surface area contributed by atoms with E-state index in [1.54, 1.807) is 4.90 Å². The lowest BCUT2D eigenvalue weighted by Crippen LogP contribution is -2.64. The molecule has 1 N–H and O–H groups in total. The van der Waals surface area contributed by atoms with Gasteiger partial charge in [-0.1, -0.05) is 56.5 Å². The fourth-order valence-electron chi connectivity index (χ4n) is 5.44. The lowest BCUT2D eigenvalue weighted by atomic mass is 9.91. The van der Waals surface area contributed by atoms with E-state index >= 15 is 0 Å². The van der Waals surface area contributed by atoms with Gasteiger partial charge in [0.2, 0.25) is 5.91 Å². The van der Waals surface area contributed by atoms with E-state index in [1.165, 1.54) is 6.42 Å². The SMILES string of the molecule is CCCOc1ccc(CN2C(=O)c3cc4ccccc4n3C[C@@]2(C)C(=O)NC2CCCCC2)cc1. The Hall–Kier alpha value is -3.28. The van der Waals surface area contributed by atoms with Crippen LogP contribution < -0.4 is 10.1 Å². The summed E-state index contributed by atoms with van der Waals surface area (Å²) in [6, 6.07) is 18.0. The first-order valence-electron chi connectivity index (χ1n) is 12.9. The van der Waals surface area contributed by atoms with Crippen molar-refractivity contribution in [3.8, 4) is 5.75 Å². The lowest BCUT2D eigenvalue weighted by molar-refractivity contribution is -0.134. The maximum atomic E-state index is 13.9. The van der Waals surface area contributed by atoms with E-state index in [9.17, 15) is 9.59 Å². The molecular weight excluding hydrogens is 438 g/mol. The smallest absolute Gasteiger partial charge is 0.271 e. The number of nitrogens with zero attached hydrogens (tertiary/aromatic N) is 2. The van der Waals surface area contributed by atoms with Crippen LogP contribution >= 0.6 is 0 Å². The molecule has 1 atom stereocenters. The fraction of sp³-hybridized carbons (Fsp3) is 0.448. The lowest BCUT2D eigenvalue weighted by Gasteiger charge is -2.45. The standard InChI is InChI=1S/C29H35N3O3/c1-3-17-35-24-15-13-21(14-16-24)19-32-27(33)26-18-22-9-7-8-12-25(22)31(26)20-29(32,2)28(34)30-23-10-5-4-6-11-23/h7-9,12-16,18,23H,3-6,10-11,17,19-20H2,1-2H3,(H,30,34)/t29-/m0/s1. The zero-order chi connectivity index (χ0) is 24.4. The summed E-state index contributed by atoms with van der Waals surface area (Å²) in [7, 11) is 0. The maximum Gasteiger partial charge on any atom is 0.271 e. The molecule has 2 aromatic carbocycles. The van der Waals surface area contributed by atoms with Crippen molar-refractivity contribution in [2.24, 2.45) is 0 Å². The zero-order valence-corrected chi connectivity index (χ0v) is 20.8. The first-order chi connectivity index (χ1) is 17.0. The molecule has 0 radical (unpaired) electrons. The van der Waals surface area contributed by atoms with Crippen molar-refractivity contribution in [3.05, 3.63) is 65.9 Å². The van der Waals surface area contributed by atoms with Gasteiger partial charge in [-0.25, -0.2) is 0 Å². The summed E-state index contributed by atoms with van der Waals surface area (Å²) in [5.74, 6) is 0.641. The summed E-state index contributed by atoms with van der Waals surface area (Å²) in [5, 5.41) is 4.32. The van der Waals surface area contributed by atoms with Crippen molar-refractivity contribution in [1.82, 2.24) is 14.8 Å². The van der Waals surface area contributed by atoms with Gasteiger partial charge in [0.25, 0.3) is 5.91 Å². The number of ether oxygens (including phenoxy) is 1. The first-order valence-corrected chi connectivity index (χ1v) is 12.9. The molecule has 1 aromatic heterocycles. The highest BCUT2D eigenvalue weighted by molar-refractivity contribution is 6.03. The summed E-state index contributed by atoms with van der Waals surface area (Å²) in [5.41, 5.74) is 1.60. The van der Waals surface area contributed by atoms with E-state index in [4.69, 9.17) is 4.74 Å². The number of rotatable bonds is 7. The number of hydrogen-bond acceptors (Lipinski definition) is 3. The number of hydrogen-bond donors (Lipinski definition) is 1. The molecule has 6 heteroatoms. The molecule has 5 rings (SSSR count). The number of fused-ring (bicyclic) bond motifs is 3. The van der Waals surface area contributed by atoms with E-state index < -0.39 is 5.54 Å². The van der Waals surface area contributed by atoms with E-state index in [0.717, 1.165) is 54.3 Å². The number of aromatic nitrogens is 1. The second kappa shape index (κ2) is 9.76. The number of carbonyl (C=O) groups is 2. The summed E-state index contributed by atoms with van der Waals surface area (Å²) in [6.07, 6.45) is 6.48. The first kappa shape index (κ1) is 23.5. The Labute approximate surface area is 207 Å². The van der Waals surface area contributed by atoms with Crippen LogP contribution in [-0.2, 0) is 17.9 Å². The molecule has 6 nitrogen and oxygen atoms in total. The van der Waals surface area contributed by atoms with Crippen molar-refractivity contribution in [2.45, 2.75) is 77.0 Å². The van der Waals surface area contributed by atoms with Crippen LogP contribution in [0, 0.1) is 0 Å². The van der Waals surface area contributed by atoms with Gasteiger partial charge in [0.05, 0.1) is 13.2 Å². The summed E-state index contributed by atoms with van der Waals surface area (Å²) in [4.78, 5) is 29.5. The Morgan fingerprint density at radius 2 is 1.83 bits per heavy atom. The summed E-state index contributed by atoms with van der Waals surface area (Å²) in [6.45, 7) is 5.46. The number of benzene rings is 2. The second-order valence-corrected chi connectivity index (χ2v) is 10.1. The molecule has 2 aliphatic rings. The molecule has 184 valence electrons. The predicted molar refractivity (Wildman–Crippen MR) is 137 cm³/mol. The van der Waals surface area contributed by atoms with E-state index in [-0.39, 0.29) is 17.9 Å². The van der Waals surface area contributed by atoms with Gasteiger partial charge in [-0.05, 0) is 56.0 Å². The molecule has 0 spiro atoms. The molecule has 1 aliphatic carbocycles. The largest absolute Gasteiger partial charge is 0.494 e. The highest BCUT2D eigenvalue weighted by Crippen LogP contribution is 2.34. The minimum atomic E-state index is -0.999. The molecular formula is C29H35N3O3. The van der Waals surface area contributed by atoms with Gasteiger partial charge < -0.3 is 19.5 Å². The van der Waals surface area contributed by atoms with Crippen LogP contribution in [0.4, 0.5) is 0 Å². The quantitative estimate of drug-likeness (QED) is 0.507. The average Bonchev–Trinajstić information content (AvgIpc) is 3.25. The normalized spacial score (nSPS) is 20.6. The molecule has 3 aromatic rings. The third-order valence-electron chi connectivity index (χ3n) is 7.50. The van der Waals surface area contributed by atoms with Crippen molar-refractivity contribution < 1.29 is 14.3 Å². The van der Waals surface area contributed by atoms with Crippen LogP contribution in [-0.4, -0.2) is 39.5 Å². The zero-order valence-electron chi connectivity index (χ0n) is 20.8. The van der Waals surface area contributed by atoms with Gasteiger partial charge in [0.1, 0.15) is 17.0 Å². The predicted octanol–water partition coefficient (Wildman–Crippen LogP) is 5.29. The Morgan fingerprint density at radius 1 is 1.09 bits per heavy atom. The van der Waals surface area contributed by atoms with Crippen LogP contribution in [0.15, 0.2) is 54.6 Å². The van der Waals surface area contributed by atoms with Crippen LogP contribution in [0.5, 0.6) is 5.75 Å². The van der Waals surface area contributed by atoms with Crippen LogP contribution in [0.1, 0.15) is 68.4 Å². The van der Waals surface area contributed by atoms with Crippen molar-refractivity contribution in [3.63, 3.8) is 0 Å². The highest BCUT2D eigenvalue weighted by atomic mass is 16.5. The topological polar surface area (TPSA) is 63.6 Å². The molecule has 0 saturated heterocycles. The van der Waals surface area contributed by atoms with Crippen LogP contribution in [0.2, 0.25) is 0 Å². The third-order valence-corrected chi connectivity index (χ3v) is 7.50. The van der Waals surface area contributed by atoms with Crippen LogP contribution in [0.25, 0.3) is 10.9 Å². The Kier molecular flexibility index (Phi) is 6.54. The molecule has 35 heavy (non-hydrogen) atoms. The van der Waals surface area contributed by atoms with Crippen LogP contribution in [0.3, 0.4) is 0 Å². The molecule has 1 aliphatic heterocycles. The van der Waals surface area contributed by atoms with E-state index in [1.807, 2.05) is 66.1 Å². The second-order valence-electron chi connectivity index (χ2n) is 10.1. The van der Waals surface area contributed by atoms with Gasteiger partial charge in [-0.3, -0.25) is 9.59 Å². The van der Waals surface area contributed by atoms with Gasteiger partial charge in [0, 0.05) is 23.5 Å². The minimum Gasteiger partial charge on any atom is -0.494 e. The summed E-state index contributed by atoms with van der Waals surface area (Å²) >= 11 is 0.